The molecule has 5 nitrogen and oxygen atoms in total. The van der Waals surface area contributed by atoms with Crippen molar-refractivity contribution in [3.05, 3.63) is 46.7 Å². The average molecular weight is 405 g/mol. The molecule has 27 heavy (non-hydrogen) atoms. The van der Waals surface area contributed by atoms with Crippen molar-refractivity contribution in [1.82, 2.24) is 4.72 Å². The fourth-order valence-electron chi connectivity index (χ4n) is 4.62. The lowest BCUT2D eigenvalue weighted by molar-refractivity contribution is 0.103. The maximum absolute atomic E-state index is 12.7. The van der Waals surface area contributed by atoms with E-state index >= 15 is 0 Å². The molecular weight excluding hydrogens is 380 g/mol. The SMILES string of the molecule is C[C@H](NS(=O)(=O)c1ccc(NC(=O)c2cccs2)cc1)[C@H]1C[C@@H]2CC[C@@H]1C2. The quantitative estimate of drug-likeness (QED) is 0.761. The molecule has 7 heteroatoms. The maximum Gasteiger partial charge on any atom is 0.265 e. The van der Waals surface area contributed by atoms with Crippen molar-refractivity contribution in [2.24, 2.45) is 17.8 Å². The summed E-state index contributed by atoms with van der Waals surface area (Å²) in [5, 5.41) is 4.62. The molecule has 2 aromatic rings. The van der Waals surface area contributed by atoms with Crippen LogP contribution in [0.2, 0.25) is 0 Å². The van der Waals surface area contributed by atoms with Crippen molar-refractivity contribution in [2.45, 2.75) is 43.5 Å². The number of nitrogens with one attached hydrogen (secondary N) is 2. The molecule has 144 valence electrons. The van der Waals surface area contributed by atoms with Crippen LogP contribution in [-0.2, 0) is 10.0 Å². The first-order valence-corrected chi connectivity index (χ1v) is 11.8. The van der Waals surface area contributed by atoms with Gasteiger partial charge in [0.25, 0.3) is 5.91 Å². The molecule has 2 N–H and O–H groups in total. The Morgan fingerprint density at radius 2 is 1.93 bits per heavy atom. The van der Waals surface area contributed by atoms with Crippen LogP contribution in [0.25, 0.3) is 0 Å². The van der Waals surface area contributed by atoms with Crippen LogP contribution in [0.3, 0.4) is 0 Å². The number of carbonyl (C=O) groups excluding carboxylic acids is 1. The molecule has 2 fully saturated rings. The molecule has 4 rings (SSSR count). The van der Waals surface area contributed by atoms with Gasteiger partial charge in [0.2, 0.25) is 10.0 Å². The topological polar surface area (TPSA) is 75.3 Å². The zero-order chi connectivity index (χ0) is 19.0. The summed E-state index contributed by atoms with van der Waals surface area (Å²) in [7, 11) is -3.56. The lowest BCUT2D eigenvalue weighted by atomic mass is 9.84. The van der Waals surface area contributed by atoms with Gasteiger partial charge < -0.3 is 5.32 Å². The molecule has 0 saturated heterocycles. The molecule has 1 amide bonds. The van der Waals surface area contributed by atoms with Crippen molar-refractivity contribution in [3.8, 4) is 0 Å². The summed E-state index contributed by atoms with van der Waals surface area (Å²) < 4.78 is 28.3. The van der Waals surface area contributed by atoms with E-state index in [4.69, 9.17) is 0 Å². The minimum atomic E-state index is -3.56. The Balaban J connectivity index is 1.40. The summed E-state index contributed by atoms with van der Waals surface area (Å²) in [6.07, 6.45) is 4.94. The number of benzene rings is 1. The van der Waals surface area contributed by atoms with E-state index in [1.54, 1.807) is 30.3 Å². The number of fused-ring (bicyclic) bond motifs is 2. The molecule has 0 spiro atoms. The number of carbonyl (C=O) groups is 1. The van der Waals surface area contributed by atoms with Crippen molar-refractivity contribution in [2.75, 3.05) is 5.32 Å². The third kappa shape index (κ3) is 3.95. The van der Waals surface area contributed by atoms with E-state index < -0.39 is 10.0 Å². The normalized spacial score (nSPS) is 25.4. The molecule has 0 unspecified atom stereocenters. The number of anilines is 1. The van der Waals surface area contributed by atoms with Gasteiger partial charge in [-0.2, -0.15) is 0 Å². The maximum atomic E-state index is 12.7. The second kappa shape index (κ2) is 7.37. The molecular formula is C20H24N2O3S2. The van der Waals surface area contributed by atoms with Crippen LogP contribution in [0.4, 0.5) is 5.69 Å². The molecule has 1 aromatic carbocycles. The first kappa shape index (κ1) is 18.7. The molecule has 2 saturated carbocycles. The van der Waals surface area contributed by atoms with E-state index in [-0.39, 0.29) is 16.8 Å². The summed E-state index contributed by atoms with van der Waals surface area (Å²) in [5.74, 6) is 1.72. The average Bonchev–Trinajstić information content (AvgIpc) is 3.39. The van der Waals surface area contributed by atoms with E-state index in [2.05, 4.69) is 10.0 Å². The van der Waals surface area contributed by atoms with Gasteiger partial charge in [0.1, 0.15) is 0 Å². The second-order valence-corrected chi connectivity index (χ2v) is 10.4. The van der Waals surface area contributed by atoms with E-state index in [0.29, 0.717) is 22.4 Å². The second-order valence-electron chi connectivity index (χ2n) is 7.70. The van der Waals surface area contributed by atoms with Crippen molar-refractivity contribution >= 4 is 33.0 Å². The van der Waals surface area contributed by atoms with Crippen LogP contribution >= 0.6 is 11.3 Å². The number of hydrogen-bond acceptors (Lipinski definition) is 4. The van der Waals surface area contributed by atoms with Gasteiger partial charge in [0, 0.05) is 11.7 Å². The number of hydrogen-bond donors (Lipinski definition) is 2. The zero-order valence-corrected chi connectivity index (χ0v) is 16.9. The molecule has 2 aliphatic carbocycles. The Morgan fingerprint density at radius 3 is 2.52 bits per heavy atom. The van der Waals surface area contributed by atoms with Crippen molar-refractivity contribution in [3.63, 3.8) is 0 Å². The van der Waals surface area contributed by atoms with Crippen LogP contribution in [0, 0.1) is 17.8 Å². The monoisotopic (exact) mass is 404 g/mol. The van der Waals surface area contributed by atoms with Gasteiger partial charge in [-0.1, -0.05) is 12.5 Å². The number of rotatable bonds is 6. The summed E-state index contributed by atoms with van der Waals surface area (Å²) in [6.45, 7) is 1.98. The van der Waals surface area contributed by atoms with Gasteiger partial charge in [-0.3, -0.25) is 4.79 Å². The summed E-state index contributed by atoms with van der Waals surface area (Å²) in [4.78, 5) is 12.9. The Bertz CT molecular complexity index is 907. The highest BCUT2D eigenvalue weighted by atomic mass is 32.2. The number of amides is 1. The van der Waals surface area contributed by atoms with E-state index in [1.807, 2.05) is 18.4 Å². The standard InChI is InChI=1S/C20H24N2O3S2/c1-13(18-12-14-4-5-15(18)11-14)22-27(24,25)17-8-6-16(7-9-17)21-20(23)19-3-2-10-26-19/h2-3,6-10,13-15,18,22H,4-5,11-12H2,1H3,(H,21,23)/t13-,14+,15+,18+/m0/s1. The molecule has 2 bridgehead atoms. The highest BCUT2D eigenvalue weighted by molar-refractivity contribution is 7.89. The number of thiophene rings is 1. The van der Waals surface area contributed by atoms with Crippen LogP contribution < -0.4 is 10.0 Å². The largest absolute Gasteiger partial charge is 0.321 e. The Kier molecular flexibility index (Phi) is 5.09. The Hall–Kier alpha value is -1.70. The van der Waals surface area contributed by atoms with E-state index in [9.17, 15) is 13.2 Å². The van der Waals surface area contributed by atoms with Gasteiger partial charge in [0.05, 0.1) is 9.77 Å². The minimum Gasteiger partial charge on any atom is -0.321 e. The summed E-state index contributed by atoms with van der Waals surface area (Å²) >= 11 is 1.36. The highest BCUT2D eigenvalue weighted by Gasteiger charge is 2.42. The van der Waals surface area contributed by atoms with Crippen LogP contribution in [-0.4, -0.2) is 20.4 Å². The lowest BCUT2D eigenvalue weighted by Crippen LogP contribution is -2.40. The smallest absolute Gasteiger partial charge is 0.265 e. The summed E-state index contributed by atoms with van der Waals surface area (Å²) in [5.41, 5.74) is 0.577. The van der Waals surface area contributed by atoms with Gasteiger partial charge in [0.15, 0.2) is 0 Å². The van der Waals surface area contributed by atoms with Crippen molar-refractivity contribution < 1.29 is 13.2 Å². The van der Waals surface area contributed by atoms with Crippen LogP contribution in [0.1, 0.15) is 42.3 Å². The summed E-state index contributed by atoms with van der Waals surface area (Å²) in [6, 6.07) is 9.85. The highest BCUT2D eigenvalue weighted by Crippen LogP contribution is 2.49. The van der Waals surface area contributed by atoms with Gasteiger partial charge >= 0.3 is 0 Å². The molecule has 2 aliphatic rings. The van der Waals surface area contributed by atoms with Gasteiger partial charge in [-0.25, -0.2) is 13.1 Å². The molecule has 1 aromatic heterocycles. The fraction of sp³-hybridized carbons (Fsp3) is 0.450. The van der Waals surface area contributed by atoms with Gasteiger partial charge in [-0.05, 0) is 79.7 Å². The molecule has 0 radical (unpaired) electrons. The molecule has 4 atom stereocenters. The number of sulfonamides is 1. The minimum absolute atomic E-state index is 0.0523. The zero-order valence-electron chi connectivity index (χ0n) is 15.2. The lowest BCUT2D eigenvalue weighted by Gasteiger charge is -2.28. The molecule has 0 aliphatic heterocycles. The Labute approximate surface area is 164 Å². The fourth-order valence-corrected chi connectivity index (χ4v) is 6.54. The third-order valence-electron chi connectivity index (χ3n) is 5.94. The predicted molar refractivity (Wildman–Crippen MR) is 107 cm³/mol. The first-order chi connectivity index (χ1) is 12.9. The first-order valence-electron chi connectivity index (χ1n) is 9.39. The van der Waals surface area contributed by atoms with E-state index in [0.717, 1.165) is 12.3 Å². The van der Waals surface area contributed by atoms with Gasteiger partial charge in [-0.15, -0.1) is 11.3 Å². The van der Waals surface area contributed by atoms with Crippen molar-refractivity contribution in [1.29, 1.82) is 0 Å². The predicted octanol–water partition coefficient (Wildman–Crippen LogP) is 4.10. The Morgan fingerprint density at radius 1 is 1.15 bits per heavy atom. The third-order valence-corrected chi connectivity index (χ3v) is 8.39. The van der Waals surface area contributed by atoms with E-state index in [1.165, 1.54) is 30.6 Å². The molecule has 1 heterocycles. The van der Waals surface area contributed by atoms with Crippen LogP contribution in [0.15, 0.2) is 46.7 Å². The van der Waals surface area contributed by atoms with Crippen LogP contribution in [0.5, 0.6) is 0 Å².